The van der Waals surface area contributed by atoms with Gasteiger partial charge in [0.2, 0.25) is 0 Å². The normalized spacial score (nSPS) is 23.0. The highest BCUT2D eigenvalue weighted by Gasteiger charge is 2.37. The summed E-state index contributed by atoms with van der Waals surface area (Å²) in [5, 5.41) is 0.469. The highest BCUT2D eigenvalue weighted by Crippen LogP contribution is 2.19. The van der Waals surface area contributed by atoms with E-state index < -0.39 is 24.6 Å². The summed E-state index contributed by atoms with van der Waals surface area (Å²) in [6.45, 7) is 1.29. The molecule has 0 amide bonds. The van der Waals surface area contributed by atoms with Crippen LogP contribution in [0.2, 0.25) is 0 Å². The fourth-order valence-electron chi connectivity index (χ4n) is 0.721. The molecule has 1 heterocycles. The number of hydrogen-bond donors (Lipinski definition) is 1. The Morgan fingerprint density at radius 3 is 2.57 bits per heavy atom. The summed E-state index contributed by atoms with van der Waals surface area (Å²) in [7, 11) is 0. The van der Waals surface area contributed by atoms with Gasteiger partial charge < -0.3 is 4.74 Å². The largest absolute Gasteiger partial charge is 0.575 e. The Balaban J connectivity index is 2.82. The topological polar surface area (TPSA) is 63.2 Å². The molecule has 1 aliphatic heterocycles. The number of nitrogens with zero attached hydrogens (tertiary/aromatic N) is 3. The molecule has 5 nitrogen and oxygen atoms in total. The van der Waals surface area contributed by atoms with Crippen molar-refractivity contribution in [3.05, 3.63) is 0 Å². The standard InChI is InChI=1S/C5H6F4N4O/c1-2-11-3(6)12-4(13(2)10)14-5(7,8)9/h2H,10H2,1H3. The molecule has 1 unspecified atom stereocenters. The van der Waals surface area contributed by atoms with E-state index in [1.54, 1.807) is 0 Å². The maximum atomic E-state index is 12.5. The quantitative estimate of drug-likeness (QED) is 0.367. The minimum Gasteiger partial charge on any atom is -0.371 e. The summed E-state index contributed by atoms with van der Waals surface area (Å²) >= 11 is 0. The van der Waals surface area contributed by atoms with Crippen molar-refractivity contribution in [2.45, 2.75) is 19.5 Å². The molecule has 1 rings (SSSR count). The molecule has 0 saturated heterocycles. The molecule has 80 valence electrons. The summed E-state index contributed by atoms with van der Waals surface area (Å²) in [6, 6.07) is -1.07. The van der Waals surface area contributed by atoms with E-state index in [1.165, 1.54) is 6.92 Å². The van der Waals surface area contributed by atoms with Crippen molar-refractivity contribution in [2.24, 2.45) is 15.8 Å². The fraction of sp³-hybridized carbons (Fsp3) is 0.600. The second-order valence-corrected chi connectivity index (χ2v) is 2.38. The fourth-order valence-corrected chi connectivity index (χ4v) is 0.721. The minimum absolute atomic E-state index is 0.469. The van der Waals surface area contributed by atoms with E-state index in [-0.39, 0.29) is 0 Å². The molecule has 0 aromatic carbocycles. The van der Waals surface area contributed by atoms with Gasteiger partial charge in [0.1, 0.15) is 6.17 Å². The minimum atomic E-state index is -4.96. The number of halogens is 4. The number of hydrogen-bond acceptors (Lipinski definition) is 5. The van der Waals surface area contributed by atoms with Crippen molar-refractivity contribution < 1.29 is 22.3 Å². The van der Waals surface area contributed by atoms with Crippen LogP contribution in [0.5, 0.6) is 0 Å². The molecular weight excluding hydrogens is 208 g/mol. The maximum Gasteiger partial charge on any atom is 0.575 e. The van der Waals surface area contributed by atoms with Crippen molar-refractivity contribution in [3.63, 3.8) is 0 Å². The summed E-state index contributed by atoms with van der Waals surface area (Å²) in [5.74, 6) is 5.10. The highest BCUT2D eigenvalue weighted by molar-refractivity contribution is 5.90. The van der Waals surface area contributed by atoms with E-state index in [0.29, 0.717) is 5.01 Å². The Bertz CT molecular complexity index is 286. The van der Waals surface area contributed by atoms with Crippen LogP contribution in [0.4, 0.5) is 17.6 Å². The van der Waals surface area contributed by atoms with Crippen LogP contribution >= 0.6 is 0 Å². The van der Waals surface area contributed by atoms with Gasteiger partial charge in [0.25, 0.3) is 0 Å². The third kappa shape index (κ3) is 2.55. The lowest BCUT2D eigenvalue weighted by Crippen LogP contribution is -2.48. The summed E-state index contributed by atoms with van der Waals surface area (Å²) in [4.78, 5) is 5.92. The molecule has 2 N–H and O–H groups in total. The summed E-state index contributed by atoms with van der Waals surface area (Å²) in [6.07, 6.45) is -7.27. The number of rotatable bonds is 0. The average Bonchev–Trinajstić information content (AvgIpc) is 1.96. The number of amidine groups is 2. The van der Waals surface area contributed by atoms with E-state index in [9.17, 15) is 17.6 Å². The second kappa shape index (κ2) is 3.40. The maximum absolute atomic E-state index is 12.5. The first-order chi connectivity index (χ1) is 6.29. The number of aliphatic imine (C=N–C) groups is 2. The van der Waals surface area contributed by atoms with Crippen LogP contribution in [-0.2, 0) is 4.74 Å². The van der Waals surface area contributed by atoms with E-state index in [2.05, 4.69) is 14.7 Å². The zero-order valence-corrected chi connectivity index (χ0v) is 6.92. The second-order valence-electron chi connectivity index (χ2n) is 2.38. The molecule has 0 fully saturated rings. The van der Waals surface area contributed by atoms with Gasteiger partial charge in [-0.15, -0.1) is 18.2 Å². The van der Waals surface area contributed by atoms with Gasteiger partial charge in [-0.1, -0.05) is 0 Å². The van der Waals surface area contributed by atoms with Gasteiger partial charge in [-0.3, -0.25) is 0 Å². The first-order valence-corrected chi connectivity index (χ1v) is 3.41. The first kappa shape index (κ1) is 10.7. The molecule has 0 saturated carbocycles. The van der Waals surface area contributed by atoms with Crippen molar-refractivity contribution in [1.82, 2.24) is 5.01 Å². The van der Waals surface area contributed by atoms with Gasteiger partial charge >= 0.3 is 18.5 Å². The number of nitrogens with two attached hydrogens (primary N) is 1. The van der Waals surface area contributed by atoms with Crippen molar-refractivity contribution >= 4 is 12.1 Å². The van der Waals surface area contributed by atoms with Crippen LogP contribution in [0, 0.1) is 0 Å². The van der Waals surface area contributed by atoms with Gasteiger partial charge in [0.05, 0.1) is 0 Å². The van der Waals surface area contributed by atoms with E-state index in [0.717, 1.165) is 0 Å². The van der Waals surface area contributed by atoms with Gasteiger partial charge in [0.15, 0.2) is 0 Å². The first-order valence-electron chi connectivity index (χ1n) is 3.41. The lowest BCUT2D eigenvalue weighted by molar-refractivity contribution is -0.288. The zero-order valence-electron chi connectivity index (χ0n) is 6.92. The molecule has 1 atom stereocenters. The van der Waals surface area contributed by atoms with E-state index in [4.69, 9.17) is 5.84 Å². The van der Waals surface area contributed by atoms with Crippen LogP contribution in [0.3, 0.4) is 0 Å². The average molecular weight is 214 g/mol. The Morgan fingerprint density at radius 1 is 1.50 bits per heavy atom. The van der Waals surface area contributed by atoms with E-state index >= 15 is 0 Å². The molecule has 0 aromatic rings. The van der Waals surface area contributed by atoms with Gasteiger partial charge in [-0.25, -0.2) is 15.8 Å². The molecule has 14 heavy (non-hydrogen) atoms. The van der Waals surface area contributed by atoms with Gasteiger partial charge in [0, 0.05) is 0 Å². The Labute approximate surface area is 75.8 Å². The Morgan fingerprint density at radius 2 is 2.07 bits per heavy atom. The lowest BCUT2D eigenvalue weighted by Gasteiger charge is -2.26. The molecule has 9 heteroatoms. The molecule has 0 radical (unpaired) electrons. The summed E-state index contributed by atoms with van der Waals surface area (Å²) in [5.41, 5.74) is 0. The van der Waals surface area contributed by atoms with Crippen molar-refractivity contribution in [1.29, 1.82) is 0 Å². The Kier molecular flexibility index (Phi) is 2.60. The molecule has 0 spiro atoms. The lowest BCUT2D eigenvalue weighted by atomic mass is 10.5. The van der Waals surface area contributed by atoms with Crippen molar-refractivity contribution in [2.75, 3.05) is 0 Å². The number of alkyl halides is 3. The van der Waals surface area contributed by atoms with Crippen LogP contribution in [0.15, 0.2) is 9.98 Å². The Hall–Kier alpha value is -1.38. The highest BCUT2D eigenvalue weighted by atomic mass is 19.4. The van der Waals surface area contributed by atoms with Crippen molar-refractivity contribution in [3.8, 4) is 0 Å². The molecule has 1 aliphatic rings. The van der Waals surface area contributed by atoms with Crippen LogP contribution in [-0.4, -0.2) is 29.6 Å². The van der Waals surface area contributed by atoms with Crippen LogP contribution in [0.1, 0.15) is 6.92 Å². The molecule has 0 aliphatic carbocycles. The SMILES string of the molecule is CC1N=C(F)N=C(OC(F)(F)F)N1N. The molecule has 0 aromatic heterocycles. The van der Waals surface area contributed by atoms with Crippen LogP contribution in [0.25, 0.3) is 0 Å². The zero-order chi connectivity index (χ0) is 10.9. The smallest absolute Gasteiger partial charge is 0.371 e. The number of hydrazine groups is 1. The van der Waals surface area contributed by atoms with Gasteiger partial charge in [-0.05, 0) is 6.92 Å². The third-order valence-electron chi connectivity index (χ3n) is 1.31. The molecular formula is C5H6F4N4O. The molecule has 0 bridgehead atoms. The predicted molar refractivity (Wildman–Crippen MR) is 38.6 cm³/mol. The third-order valence-corrected chi connectivity index (χ3v) is 1.31. The summed E-state index contributed by atoms with van der Waals surface area (Å²) < 4.78 is 51.0. The number of ether oxygens (including phenoxy) is 1. The monoisotopic (exact) mass is 214 g/mol. The predicted octanol–water partition coefficient (Wildman–Crippen LogP) is 0.740. The van der Waals surface area contributed by atoms with Gasteiger partial charge in [-0.2, -0.15) is 4.39 Å². The van der Waals surface area contributed by atoms with Crippen LogP contribution < -0.4 is 5.84 Å². The van der Waals surface area contributed by atoms with E-state index in [1.807, 2.05) is 0 Å².